The van der Waals surface area contributed by atoms with E-state index in [1.54, 1.807) is 35.2 Å². The van der Waals surface area contributed by atoms with Gasteiger partial charge >= 0.3 is 0 Å². The molecule has 0 aromatic heterocycles. The summed E-state index contributed by atoms with van der Waals surface area (Å²) in [6.45, 7) is 0. The maximum atomic E-state index is 13.5. The Morgan fingerprint density at radius 1 is 0.600 bits per heavy atom. The van der Waals surface area contributed by atoms with Crippen LogP contribution in [0.2, 0.25) is 0 Å². The first kappa shape index (κ1) is 19.2. The highest BCUT2D eigenvalue weighted by molar-refractivity contribution is 6.16. The summed E-state index contributed by atoms with van der Waals surface area (Å²) in [6.07, 6.45) is 0. The topological polar surface area (TPSA) is 49.4 Å². The van der Waals surface area contributed by atoms with Crippen molar-refractivity contribution in [2.75, 3.05) is 10.2 Å². The van der Waals surface area contributed by atoms with Crippen LogP contribution >= 0.6 is 0 Å². The minimum atomic E-state index is -0.279. The Morgan fingerprint density at radius 3 is 1.80 bits per heavy atom. The lowest BCUT2D eigenvalue weighted by atomic mass is 10.1. The average molecular weight is 392 g/mol. The molecule has 0 heterocycles. The van der Waals surface area contributed by atoms with E-state index in [-0.39, 0.29) is 11.8 Å². The predicted octanol–water partition coefficient (Wildman–Crippen LogP) is 5.92. The molecular formula is C26H20N2O2. The van der Waals surface area contributed by atoms with Crippen molar-refractivity contribution < 1.29 is 9.59 Å². The van der Waals surface area contributed by atoms with Crippen LogP contribution in [0.25, 0.3) is 0 Å². The van der Waals surface area contributed by atoms with Crippen molar-refractivity contribution in [3.63, 3.8) is 0 Å². The Hall–Kier alpha value is -4.18. The minimum absolute atomic E-state index is 0.207. The molecule has 0 atom stereocenters. The molecule has 4 rings (SSSR count). The molecule has 0 radical (unpaired) electrons. The second-order valence-electron chi connectivity index (χ2n) is 6.68. The molecule has 4 aromatic carbocycles. The Morgan fingerprint density at radius 2 is 1.13 bits per heavy atom. The number of carbonyl (C=O) groups is 2. The van der Waals surface area contributed by atoms with Gasteiger partial charge in [-0.25, -0.2) is 0 Å². The molecule has 0 saturated heterocycles. The maximum Gasteiger partial charge on any atom is 0.262 e. The standard InChI is InChI=1S/C26H20N2O2/c29-25(27-21-14-6-2-7-15-21)23-18-10-11-19-24(23)28(22-16-8-3-9-17-22)26(30)20-12-4-1-5-13-20/h1-19H,(H,27,29). The van der Waals surface area contributed by atoms with Crippen LogP contribution in [0.5, 0.6) is 0 Å². The number of benzene rings is 4. The molecule has 146 valence electrons. The van der Waals surface area contributed by atoms with Crippen LogP contribution in [0.3, 0.4) is 0 Å². The smallest absolute Gasteiger partial charge is 0.262 e. The molecule has 0 fully saturated rings. The third-order valence-corrected chi connectivity index (χ3v) is 4.66. The summed E-state index contributed by atoms with van der Waals surface area (Å²) in [6, 6.07) is 34.8. The van der Waals surface area contributed by atoms with Crippen molar-refractivity contribution in [3.05, 3.63) is 126 Å². The summed E-state index contributed by atoms with van der Waals surface area (Å²) in [5.41, 5.74) is 2.85. The van der Waals surface area contributed by atoms with E-state index in [9.17, 15) is 9.59 Å². The van der Waals surface area contributed by atoms with E-state index < -0.39 is 0 Å². The second-order valence-corrected chi connectivity index (χ2v) is 6.68. The number of hydrogen-bond acceptors (Lipinski definition) is 2. The number of rotatable bonds is 5. The number of anilines is 3. The minimum Gasteiger partial charge on any atom is -0.322 e. The van der Waals surface area contributed by atoms with Gasteiger partial charge in [0.15, 0.2) is 0 Å². The maximum absolute atomic E-state index is 13.5. The highest BCUT2D eigenvalue weighted by Gasteiger charge is 2.24. The Labute approximate surface area is 175 Å². The molecule has 4 heteroatoms. The Bertz CT molecular complexity index is 1140. The summed E-state index contributed by atoms with van der Waals surface area (Å²) in [4.78, 5) is 28.1. The molecule has 2 amide bonds. The van der Waals surface area contributed by atoms with E-state index in [4.69, 9.17) is 0 Å². The lowest BCUT2D eigenvalue weighted by Gasteiger charge is -2.25. The van der Waals surface area contributed by atoms with Gasteiger partial charge in [0.25, 0.3) is 11.8 Å². The Balaban J connectivity index is 1.78. The van der Waals surface area contributed by atoms with E-state index in [0.717, 1.165) is 0 Å². The first-order valence-electron chi connectivity index (χ1n) is 9.64. The summed E-state index contributed by atoms with van der Waals surface area (Å²) in [5, 5.41) is 2.91. The fourth-order valence-corrected chi connectivity index (χ4v) is 3.23. The van der Waals surface area contributed by atoms with Gasteiger partial charge in [-0.2, -0.15) is 0 Å². The molecule has 0 spiro atoms. The highest BCUT2D eigenvalue weighted by Crippen LogP contribution is 2.31. The molecule has 0 bridgehead atoms. The molecule has 0 unspecified atom stereocenters. The first-order chi connectivity index (χ1) is 14.7. The zero-order chi connectivity index (χ0) is 20.8. The van der Waals surface area contributed by atoms with Crippen molar-refractivity contribution in [3.8, 4) is 0 Å². The van der Waals surface area contributed by atoms with Crippen molar-refractivity contribution in [2.45, 2.75) is 0 Å². The Kier molecular flexibility index (Phi) is 5.67. The summed E-state index contributed by atoms with van der Waals surface area (Å²) in [7, 11) is 0. The van der Waals surface area contributed by atoms with Crippen molar-refractivity contribution in [1.82, 2.24) is 0 Å². The van der Waals surface area contributed by atoms with Crippen LogP contribution in [-0.4, -0.2) is 11.8 Å². The van der Waals surface area contributed by atoms with Crippen molar-refractivity contribution in [1.29, 1.82) is 0 Å². The van der Waals surface area contributed by atoms with Crippen molar-refractivity contribution in [2.24, 2.45) is 0 Å². The van der Waals surface area contributed by atoms with Crippen LogP contribution in [-0.2, 0) is 0 Å². The van der Waals surface area contributed by atoms with Crippen LogP contribution < -0.4 is 10.2 Å². The zero-order valence-corrected chi connectivity index (χ0v) is 16.2. The number of para-hydroxylation sites is 3. The van der Waals surface area contributed by atoms with Crippen LogP contribution in [0.4, 0.5) is 17.1 Å². The number of amides is 2. The molecule has 1 N–H and O–H groups in total. The number of nitrogens with one attached hydrogen (secondary N) is 1. The van der Waals surface area contributed by atoms with Crippen LogP contribution in [0.1, 0.15) is 20.7 Å². The van der Waals surface area contributed by atoms with E-state index in [2.05, 4.69) is 5.32 Å². The normalized spacial score (nSPS) is 10.3. The third-order valence-electron chi connectivity index (χ3n) is 4.66. The lowest BCUT2D eigenvalue weighted by molar-refractivity contribution is 0.0999. The van der Waals surface area contributed by atoms with E-state index >= 15 is 0 Å². The van der Waals surface area contributed by atoms with Gasteiger partial charge in [-0.3, -0.25) is 14.5 Å². The van der Waals surface area contributed by atoms with Gasteiger partial charge in [0.05, 0.1) is 11.3 Å². The highest BCUT2D eigenvalue weighted by atomic mass is 16.2. The number of carbonyl (C=O) groups excluding carboxylic acids is 2. The van der Waals surface area contributed by atoms with Gasteiger partial charge in [-0.15, -0.1) is 0 Å². The van der Waals surface area contributed by atoms with Gasteiger partial charge in [-0.05, 0) is 48.5 Å². The predicted molar refractivity (Wildman–Crippen MR) is 120 cm³/mol. The number of nitrogens with zero attached hydrogens (tertiary/aromatic N) is 1. The molecular weight excluding hydrogens is 372 g/mol. The fourth-order valence-electron chi connectivity index (χ4n) is 3.23. The fraction of sp³-hybridized carbons (Fsp3) is 0. The second kappa shape index (κ2) is 8.88. The molecule has 0 saturated carbocycles. The van der Waals surface area contributed by atoms with E-state index in [1.165, 1.54) is 0 Å². The molecule has 0 aliphatic heterocycles. The zero-order valence-electron chi connectivity index (χ0n) is 16.2. The SMILES string of the molecule is O=C(Nc1ccccc1)c1ccccc1N(C(=O)c1ccccc1)c1ccccc1. The van der Waals surface area contributed by atoms with Crippen LogP contribution in [0, 0.1) is 0 Å². The molecule has 0 aliphatic carbocycles. The molecule has 4 aromatic rings. The number of hydrogen-bond donors (Lipinski definition) is 1. The van der Waals surface area contributed by atoms with Crippen LogP contribution in [0.15, 0.2) is 115 Å². The quantitative estimate of drug-likeness (QED) is 0.458. The average Bonchev–Trinajstić information content (AvgIpc) is 2.81. The van der Waals surface area contributed by atoms with Gasteiger partial charge in [-0.1, -0.05) is 66.7 Å². The largest absolute Gasteiger partial charge is 0.322 e. The first-order valence-corrected chi connectivity index (χ1v) is 9.64. The molecule has 0 aliphatic rings. The molecule has 4 nitrogen and oxygen atoms in total. The molecule has 30 heavy (non-hydrogen) atoms. The van der Waals surface area contributed by atoms with Gasteiger partial charge in [0.2, 0.25) is 0 Å². The van der Waals surface area contributed by atoms with Crippen molar-refractivity contribution >= 4 is 28.9 Å². The lowest BCUT2D eigenvalue weighted by Crippen LogP contribution is -2.28. The van der Waals surface area contributed by atoms with Gasteiger partial charge in [0, 0.05) is 16.9 Å². The van der Waals surface area contributed by atoms with Gasteiger partial charge < -0.3 is 5.32 Å². The summed E-state index contributed by atoms with van der Waals surface area (Å²) < 4.78 is 0. The monoisotopic (exact) mass is 392 g/mol. The summed E-state index contributed by atoms with van der Waals surface area (Å²) >= 11 is 0. The van der Waals surface area contributed by atoms with E-state index in [0.29, 0.717) is 28.2 Å². The summed E-state index contributed by atoms with van der Waals surface area (Å²) in [5.74, 6) is -0.486. The third kappa shape index (κ3) is 4.13. The van der Waals surface area contributed by atoms with Gasteiger partial charge in [0.1, 0.15) is 0 Å². The van der Waals surface area contributed by atoms with E-state index in [1.807, 2.05) is 84.9 Å².